The number of alkyl halides is 2. The van der Waals surface area contributed by atoms with Crippen LogP contribution in [0.1, 0.15) is 29.2 Å². The zero-order chi connectivity index (χ0) is 19.2. The van der Waals surface area contributed by atoms with E-state index in [2.05, 4.69) is 14.9 Å². The predicted molar refractivity (Wildman–Crippen MR) is 97.2 cm³/mol. The van der Waals surface area contributed by atoms with Gasteiger partial charge in [0.05, 0.1) is 0 Å². The minimum atomic E-state index is -2.83. The van der Waals surface area contributed by atoms with Crippen LogP contribution in [0.15, 0.2) is 58.2 Å². The third-order valence-corrected chi connectivity index (χ3v) is 4.64. The van der Waals surface area contributed by atoms with Crippen LogP contribution in [0.3, 0.4) is 0 Å². The Balaban J connectivity index is 1.55. The lowest BCUT2D eigenvalue weighted by Crippen LogP contribution is -2.01. The number of rotatable bonds is 8. The molecular formula is C19H18F2N2O3S. The number of hydrogen-bond acceptors (Lipinski definition) is 6. The molecule has 1 aromatic heterocycles. The summed E-state index contributed by atoms with van der Waals surface area (Å²) in [6.07, 6.45) is 0. The van der Waals surface area contributed by atoms with Crippen molar-refractivity contribution >= 4 is 11.8 Å². The zero-order valence-electron chi connectivity index (χ0n) is 14.8. The van der Waals surface area contributed by atoms with Gasteiger partial charge in [-0.05, 0) is 49.2 Å². The normalized spacial score (nSPS) is 12.2. The molecule has 0 saturated carbocycles. The van der Waals surface area contributed by atoms with Gasteiger partial charge in [0.15, 0.2) is 6.61 Å². The summed E-state index contributed by atoms with van der Waals surface area (Å²) in [5, 5.41) is 8.40. The van der Waals surface area contributed by atoms with Crippen LogP contribution in [0.25, 0.3) is 0 Å². The molecule has 0 fully saturated rings. The highest BCUT2D eigenvalue weighted by Gasteiger charge is 2.14. The summed E-state index contributed by atoms with van der Waals surface area (Å²) in [6, 6.07) is 14.2. The van der Waals surface area contributed by atoms with Gasteiger partial charge in [-0.25, -0.2) is 0 Å². The summed E-state index contributed by atoms with van der Waals surface area (Å²) >= 11 is 1.38. The minimum absolute atomic E-state index is 0.00316. The molecule has 1 heterocycles. The summed E-state index contributed by atoms with van der Waals surface area (Å²) in [5.41, 5.74) is 2.03. The van der Waals surface area contributed by atoms with Gasteiger partial charge in [0.2, 0.25) is 0 Å². The Labute approximate surface area is 159 Å². The van der Waals surface area contributed by atoms with Crippen LogP contribution < -0.4 is 9.47 Å². The van der Waals surface area contributed by atoms with Gasteiger partial charge in [-0.15, -0.1) is 10.2 Å². The number of halogens is 2. The lowest BCUT2D eigenvalue weighted by atomic mass is 10.2. The Morgan fingerprint density at radius 2 is 1.85 bits per heavy atom. The molecule has 0 bridgehead atoms. The number of aryl methyl sites for hydroxylation is 1. The maximum absolute atomic E-state index is 12.2. The highest BCUT2D eigenvalue weighted by molar-refractivity contribution is 7.99. The quantitative estimate of drug-likeness (QED) is 0.478. The number of thioether (sulfide) groups is 1. The molecule has 0 saturated heterocycles. The van der Waals surface area contributed by atoms with Gasteiger partial charge in [-0.1, -0.05) is 36.0 Å². The van der Waals surface area contributed by atoms with E-state index in [1.54, 1.807) is 12.1 Å². The molecule has 8 heteroatoms. The Hall–Kier alpha value is -2.61. The van der Waals surface area contributed by atoms with Gasteiger partial charge >= 0.3 is 6.61 Å². The van der Waals surface area contributed by atoms with E-state index in [1.807, 2.05) is 38.1 Å². The summed E-state index contributed by atoms with van der Waals surface area (Å²) in [7, 11) is 0. The van der Waals surface area contributed by atoms with Gasteiger partial charge in [-0.3, -0.25) is 0 Å². The van der Waals surface area contributed by atoms with Gasteiger partial charge in [0.1, 0.15) is 11.5 Å². The maximum Gasteiger partial charge on any atom is 0.387 e. The molecule has 2 aromatic carbocycles. The smallest absolute Gasteiger partial charge is 0.387 e. The lowest BCUT2D eigenvalue weighted by molar-refractivity contribution is -0.0498. The monoisotopic (exact) mass is 392 g/mol. The molecule has 0 spiro atoms. The fourth-order valence-electron chi connectivity index (χ4n) is 2.33. The molecule has 1 unspecified atom stereocenters. The molecule has 0 amide bonds. The predicted octanol–water partition coefficient (Wildman–Crippen LogP) is 5.41. The van der Waals surface area contributed by atoms with Gasteiger partial charge in [0.25, 0.3) is 11.1 Å². The maximum atomic E-state index is 12.2. The highest BCUT2D eigenvalue weighted by Crippen LogP contribution is 2.34. The molecule has 0 radical (unpaired) electrons. The lowest BCUT2D eigenvalue weighted by Gasteiger charge is -2.10. The molecular weight excluding hydrogens is 374 g/mol. The van der Waals surface area contributed by atoms with Crippen molar-refractivity contribution in [1.82, 2.24) is 10.2 Å². The van der Waals surface area contributed by atoms with E-state index in [1.165, 1.54) is 23.9 Å². The van der Waals surface area contributed by atoms with E-state index < -0.39 is 6.61 Å². The standard InChI is InChI=1S/C19H18F2N2O3S/c1-12-4-3-5-16(10-12)24-11-17-22-23-19(26-17)27-13(2)14-6-8-15(9-7-14)25-18(20)21/h3-10,13,18H,11H2,1-2H3. The van der Waals surface area contributed by atoms with Crippen molar-refractivity contribution in [3.05, 3.63) is 65.5 Å². The largest absolute Gasteiger partial charge is 0.484 e. The second-order valence-corrected chi connectivity index (χ2v) is 7.07. The van der Waals surface area contributed by atoms with Crippen LogP contribution in [0.2, 0.25) is 0 Å². The number of ether oxygens (including phenoxy) is 2. The number of hydrogen-bond donors (Lipinski definition) is 0. The van der Waals surface area contributed by atoms with Crippen molar-refractivity contribution in [2.24, 2.45) is 0 Å². The van der Waals surface area contributed by atoms with Crippen LogP contribution in [0.4, 0.5) is 8.78 Å². The van der Waals surface area contributed by atoms with Crippen molar-refractivity contribution in [2.75, 3.05) is 0 Å². The Kier molecular flexibility index (Phi) is 6.28. The number of benzene rings is 2. The van der Waals surface area contributed by atoms with Crippen molar-refractivity contribution in [2.45, 2.75) is 37.5 Å². The fourth-order valence-corrected chi connectivity index (χ4v) is 3.16. The molecule has 142 valence electrons. The molecule has 5 nitrogen and oxygen atoms in total. The number of aromatic nitrogens is 2. The first-order chi connectivity index (χ1) is 13.0. The van der Waals surface area contributed by atoms with E-state index in [-0.39, 0.29) is 17.6 Å². The van der Waals surface area contributed by atoms with Crippen molar-refractivity contribution in [3.63, 3.8) is 0 Å². The zero-order valence-corrected chi connectivity index (χ0v) is 15.6. The summed E-state index contributed by atoms with van der Waals surface area (Å²) in [4.78, 5) is 0. The van der Waals surface area contributed by atoms with Crippen LogP contribution in [0.5, 0.6) is 11.5 Å². The first-order valence-corrected chi connectivity index (χ1v) is 9.11. The van der Waals surface area contributed by atoms with Crippen LogP contribution >= 0.6 is 11.8 Å². The van der Waals surface area contributed by atoms with E-state index in [4.69, 9.17) is 9.15 Å². The summed E-state index contributed by atoms with van der Waals surface area (Å²) < 4.78 is 40.0. The molecule has 0 N–H and O–H groups in total. The average molecular weight is 392 g/mol. The fraction of sp³-hybridized carbons (Fsp3) is 0.263. The molecule has 0 aliphatic rings. The minimum Gasteiger partial charge on any atom is -0.484 e. The van der Waals surface area contributed by atoms with E-state index in [9.17, 15) is 8.78 Å². The van der Waals surface area contributed by atoms with Crippen LogP contribution in [-0.2, 0) is 6.61 Å². The Bertz CT molecular complexity index is 871. The third-order valence-electron chi connectivity index (χ3n) is 3.65. The Morgan fingerprint density at radius 1 is 1.07 bits per heavy atom. The second kappa shape index (κ2) is 8.85. The van der Waals surface area contributed by atoms with Gasteiger partial charge in [0, 0.05) is 5.25 Å². The molecule has 1 atom stereocenters. The topological polar surface area (TPSA) is 57.4 Å². The van der Waals surface area contributed by atoms with Gasteiger partial charge < -0.3 is 13.9 Å². The highest BCUT2D eigenvalue weighted by atomic mass is 32.2. The van der Waals surface area contributed by atoms with Crippen molar-refractivity contribution < 1.29 is 22.7 Å². The third kappa shape index (κ3) is 5.68. The van der Waals surface area contributed by atoms with E-state index >= 15 is 0 Å². The Morgan fingerprint density at radius 3 is 2.56 bits per heavy atom. The summed E-state index contributed by atoms with van der Waals surface area (Å²) in [5.74, 6) is 1.24. The van der Waals surface area contributed by atoms with Gasteiger partial charge in [-0.2, -0.15) is 8.78 Å². The van der Waals surface area contributed by atoms with E-state index in [0.29, 0.717) is 11.1 Å². The van der Waals surface area contributed by atoms with E-state index in [0.717, 1.165) is 16.9 Å². The molecule has 3 rings (SSSR count). The molecule has 0 aliphatic heterocycles. The van der Waals surface area contributed by atoms with Crippen LogP contribution in [0, 0.1) is 6.92 Å². The van der Waals surface area contributed by atoms with Crippen LogP contribution in [-0.4, -0.2) is 16.8 Å². The number of nitrogens with zero attached hydrogens (tertiary/aromatic N) is 2. The summed E-state index contributed by atoms with van der Waals surface area (Å²) in [6.45, 7) is 1.30. The molecule has 0 aliphatic carbocycles. The first kappa shape index (κ1) is 19.2. The SMILES string of the molecule is Cc1cccc(OCc2nnc(SC(C)c3ccc(OC(F)F)cc3)o2)c1. The molecule has 3 aromatic rings. The van der Waals surface area contributed by atoms with Crippen molar-refractivity contribution in [1.29, 1.82) is 0 Å². The first-order valence-electron chi connectivity index (χ1n) is 8.23. The second-order valence-electron chi connectivity index (χ2n) is 5.77. The van der Waals surface area contributed by atoms with Crippen molar-refractivity contribution in [3.8, 4) is 11.5 Å². The average Bonchev–Trinajstić information content (AvgIpc) is 3.07. The molecule has 27 heavy (non-hydrogen) atoms.